The number of rotatable bonds is 4. The first-order valence-corrected chi connectivity index (χ1v) is 5.44. The molecule has 0 amide bonds. The quantitative estimate of drug-likeness (QED) is 0.812. The average molecular weight is 230 g/mol. The van der Waals surface area contributed by atoms with Crippen LogP contribution in [0.25, 0.3) is 0 Å². The third-order valence-electron chi connectivity index (χ3n) is 2.52. The van der Waals surface area contributed by atoms with E-state index >= 15 is 0 Å². The van der Waals surface area contributed by atoms with Crippen molar-refractivity contribution in [3.8, 4) is 0 Å². The Morgan fingerprint density at radius 1 is 1.41 bits per heavy atom. The number of aromatic nitrogens is 1. The molecule has 1 aromatic heterocycles. The second-order valence-corrected chi connectivity index (χ2v) is 3.98. The summed E-state index contributed by atoms with van der Waals surface area (Å²) in [6, 6.07) is 10.7. The number of carbonyl (C=O) groups excluding carboxylic acids is 1. The van der Waals surface area contributed by atoms with Crippen LogP contribution in [-0.4, -0.2) is 17.0 Å². The van der Waals surface area contributed by atoms with E-state index in [0.717, 1.165) is 5.56 Å². The molecule has 0 fully saturated rings. The Labute approximate surface area is 99.4 Å². The maximum absolute atomic E-state index is 11.9. The minimum atomic E-state index is -0.582. The summed E-state index contributed by atoms with van der Waals surface area (Å²) in [5.74, 6) is 0.422. The van der Waals surface area contributed by atoms with Crippen LogP contribution in [0.15, 0.2) is 40.9 Å². The number of hydrogen-bond acceptors (Lipinski definition) is 4. The molecule has 0 spiro atoms. The molecule has 4 heteroatoms. The second-order valence-electron chi connectivity index (χ2n) is 3.98. The Morgan fingerprint density at radius 3 is 2.71 bits per heavy atom. The normalized spacial score (nSPS) is 12.4. The van der Waals surface area contributed by atoms with Gasteiger partial charge in [0.15, 0.2) is 5.69 Å². The van der Waals surface area contributed by atoms with Gasteiger partial charge in [-0.2, -0.15) is 0 Å². The fraction of sp³-hybridized carbons (Fsp3) is 0.231. The van der Waals surface area contributed by atoms with Crippen molar-refractivity contribution in [1.82, 2.24) is 5.16 Å². The zero-order valence-corrected chi connectivity index (χ0v) is 9.59. The van der Waals surface area contributed by atoms with Gasteiger partial charge in [-0.3, -0.25) is 4.79 Å². The van der Waals surface area contributed by atoms with E-state index in [1.54, 1.807) is 13.0 Å². The van der Waals surface area contributed by atoms with Crippen molar-refractivity contribution in [1.29, 1.82) is 0 Å². The molecule has 2 rings (SSSR count). The Bertz CT molecular complexity index is 505. The first kappa shape index (κ1) is 11.5. The van der Waals surface area contributed by atoms with Gasteiger partial charge in [0.05, 0.1) is 6.04 Å². The fourth-order valence-electron chi connectivity index (χ4n) is 1.63. The zero-order chi connectivity index (χ0) is 12.3. The van der Waals surface area contributed by atoms with Crippen molar-refractivity contribution >= 4 is 5.78 Å². The van der Waals surface area contributed by atoms with Crippen LogP contribution in [-0.2, 0) is 6.42 Å². The fourth-order valence-corrected chi connectivity index (χ4v) is 1.63. The van der Waals surface area contributed by atoms with Gasteiger partial charge in [-0.05, 0) is 18.9 Å². The van der Waals surface area contributed by atoms with Gasteiger partial charge in [0, 0.05) is 6.07 Å². The number of nitrogens with two attached hydrogens (primary N) is 1. The molecule has 0 bridgehead atoms. The molecule has 2 N–H and O–H groups in total. The van der Waals surface area contributed by atoms with E-state index in [9.17, 15) is 4.79 Å². The third kappa shape index (κ3) is 2.79. The second kappa shape index (κ2) is 4.93. The molecule has 0 aliphatic heterocycles. The summed E-state index contributed by atoms with van der Waals surface area (Å²) >= 11 is 0. The molecule has 2 aromatic rings. The van der Waals surface area contributed by atoms with E-state index in [-0.39, 0.29) is 5.78 Å². The highest BCUT2D eigenvalue weighted by Gasteiger charge is 2.19. The minimum absolute atomic E-state index is 0.189. The molecule has 0 radical (unpaired) electrons. The minimum Gasteiger partial charge on any atom is -0.361 e. The number of aryl methyl sites for hydroxylation is 1. The van der Waals surface area contributed by atoms with Crippen LogP contribution in [0.3, 0.4) is 0 Å². The molecule has 0 aliphatic carbocycles. The Balaban J connectivity index is 2.06. The Morgan fingerprint density at radius 2 is 2.12 bits per heavy atom. The lowest BCUT2D eigenvalue weighted by Gasteiger charge is -2.08. The zero-order valence-electron chi connectivity index (χ0n) is 9.59. The van der Waals surface area contributed by atoms with E-state index in [1.807, 2.05) is 30.3 Å². The maximum atomic E-state index is 11.9. The predicted octanol–water partition coefficient (Wildman–Crippen LogP) is 1.74. The summed E-state index contributed by atoms with van der Waals surface area (Å²) in [5, 5.41) is 3.67. The highest BCUT2D eigenvalue weighted by atomic mass is 16.5. The molecule has 4 nitrogen and oxygen atoms in total. The maximum Gasteiger partial charge on any atom is 0.201 e. The van der Waals surface area contributed by atoms with E-state index in [1.165, 1.54) is 0 Å². The van der Waals surface area contributed by atoms with Gasteiger partial charge >= 0.3 is 0 Å². The first-order chi connectivity index (χ1) is 8.16. The highest BCUT2D eigenvalue weighted by Crippen LogP contribution is 2.08. The van der Waals surface area contributed by atoms with E-state index in [2.05, 4.69) is 5.16 Å². The van der Waals surface area contributed by atoms with Crippen molar-refractivity contribution in [2.24, 2.45) is 5.73 Å². The lowest BCUT2D eigenvalue weighted by Crippen LogP contribution is -2.32. The SMILES string of the molecule is Cc1cc(C(=O)C(N)Cc2ccccc2)no1. The summed E-state index contributed by atoms with van der Waals surface area (Å²) in [4.78, 5) is 11.9. The smallest absolute Gasteiger partial charge is 0.201 e. The molecule has 1 aromatic carbocycles. The van der Waals surface area contributed by atoms with Crippen molar-refractivity contribution in [2.45, 2.75) is 19.4 Å². The van der Waals surface area contributed by atoms with Gasteiger partial charge in [0.1, 0.15) is 5.76 Å². The highest BCUT2D eigenvalue weighted by molar-refractivity contribution is 5.98. The number of ketones is 1. The van der Waals surface area contributed by atoms with Crippen LogP contribution in [0.1, 0.15) is 21.8 Å². The van der Waals surface area contributed by atoms with Gasteiger partial charge in [-0.25, -0.2) is 0 Å². The van der Waals surface area contributed by atoms with Crippen LogP contribution in [0.5, 0.6) is 0 Å². The monoisotopic (exact) mass is 230 g/mol. The molecule has 1 unspecified atom stereocenters. The summed E-state index contributed by atoms with van der Waals surface area (Å²) in [5.41, 5.74) is 7.19. The number of Topliss-reactive ketones (excluding diaryl/α,β-unsaturated/α-hetero) is 1. The number of hydrogen-bond donors (Lipinski definition) is 1. The molecular formula is C13H14N2O2. The van der Waals surface area contributed by atoms with E-state index in [0.29, 0.717) is 17.9 Å². The van der Waals surface area contributed by atoms with Gasteiger partial charge in [0.2, 0.25) is 5.78 Å². The average Bonchev–Trinajstić information content (AvgIpc) is 2.76. The number of benzene rings is 1. The van der Waals surface area contributed by atoms with Gasteiger partial charge in [-0.15, -0.1) is 0 Å². The van der Waals surface area contributed by atoms with Gasteiger partial charge in [0.25, 0.3) is 0 Å². The van der Waals surface area contributed by atoms with Crippen LogP contribution in [0.2, 0.25) is 0 Å². The lowest BCUT2D eigenvalue weighted by molar-refractivity contribution is 0.0952. The largest absolute Gasteiger partial charge is 0.361 e. The van der Waals surface area contributed by atoms with Gasteiger partial charge < -0.3 is 10.3 Å². The summed E-state index contributed by atoms with van der Waals surface area (Å²) in [7, 11) is 0. The van der Waals surface area contributed by atoms with Crippen LogP contribution in [0.4, 0.5) is 0 Å². The molecule has 1 heterocycles. The Hall–Kier alpha value is -1.94. The van der Waals surface area contributed by atoms with Crippen LogP contribution < -0.4 is 5.73 Å². The van der Waals surface area contributed by atoms with Gasteiger partial charge in [-0.1, -0.05) is 35.5 Å². The first-order valence-electron chi connectivity index (χ1n) is 5.44. The molecule has 88 valence electrons. The molecule has 1 atom stereocenters. The molecular weight excluding hydrogens is 216 g/mol. The topological polar surface area (TPSA) is 69.1 Å². The molecule has 17 heavy (non-hydrogen) atoms. The summed E-state index contributed by atoms with van der Waals surface area (Å²) in [6.07, 6.45) is 0.506. The van der Waals surface area contributed by atoms with Crippen LogP contribution in [0, 0.1) is 6.92 Å². The predicted molar refractivity (Wildman–Crippen MR) is 63.7 cm³/mol. The van der Waals surface area contributed by atoms with E-state index in [4.69, 9.17) is 10.3 Å². The molecule has 0 saturated carbocycles. The van der Waals surface area contributed by atoms with Crippen molar-refractivity contribution in [2.75, 3.05) is 0 Å². The lowest BCUT2D eigenvalue weighted by atomic mass is 10.0. The Kier molecular flexibility index (Phi) is 3.35. The molecule has 0 saturated heterocycles. The summed E-state index contributed by atoms with van der Waals surface area (Å²) in [6.45, 7) is 1.74. The van der Waals surface area contributed by atoms with Crippen molar-refractivity contribution in [3.63, 3.8) is 0 Å². The number of carbonyl (C=O) groups is 1. The third-order valence-corrected chi connectivity index (χ3v) is 2.52. The molecule has 0 aliphatic rings. The summed E-state index contributed by atoms with van der Waals surface area (Å²) < 4.78 is 4.86. The number of nitrogens with zero attached hydrogens (tertiary/aromatic N) is 1. The van der Waals surface area contributed by atoms with Crippen molar-refractivity contribution in [3.05, 3.63) is 53.4 Å². The van der Waals surface area contributed by atoms with E-state index < -0.39 is 6.04 Å². The van der Waals surface area contributed by atoms with Crippen LogP contribution >= 0.6 is 0 Å². The standard InChI is InChI=1S/C13H14N2O2/c1-9-7-12(15-17-9)13(16)11(14)8-10-5-3-2-4-6-10/h2-7,11H,8,14H2,1H3. The van der Waals surface area contributed by atoms with Crippen molar-refractivity contribution < 1.29 is 9.32 Å².